The fourth-order valence-electron chi connectivity index (χ4n) is 2.25. The third-order valence-corrected chi connectivity index (χ3v) is 3.17. The molecule has 0 fully saturated rings. The van der Waals surface area contributed by atoms with Crippen LogP contribution in [-0.2, 0) is 4.79 Å². The molecule has 0 unspecified atom stereocenters. The molecule has 0 aliphatic rings. The van der Waals surface area contributed by atoms with E-state index in [4.69, 9.17) is 9.15 Å². The molecular weight excluding hydrogens is 296 g/mol. The summed E-state index contributed by atoms with van der Waals surface area (Å²) in [5.74, 6) is 0.873. The molecule has 0 radical (unpaired) electrons. The van der Waals surface area contributed by atoms with Gasteiger partial charge in [-0.2, -0.15) is 0 Å². The number of furan rings is 1. The molecule has 122 valence electrons. The molecule has 23 heavy (non-hydrogen) atoms. The first-order valence-corrected chi connectivity index (χ1v) is 7.22. The van der Waals surface area contributed by atoms with Crippen LogP contribution in [0.4, 0.5) is 0 Å². The van der Waals surface area contributed by atoms with E-state index < -0.39 is 11.8 Å². The van der Waals surface area contributed by atoms with Crippen LogP contribution in [0.15, 0.2) is 28.7 Å². The molecule has 1 aromatic carbocycles. The number of aryl methyl sites for hydroxylation is 4. The van der Waals surface area contributed by atoms with Crippen LogP contribution in [0.25, 0.3) is 0 Å². The van der Waals surface area contributed by atoms with Crippen molar-refractivity contribution in [3.05, 3.63) is 52.5 Å². The van der Waals surface area contributed by atoms with Gasteiger partial charge in [-0.1, -0.05) is 6.07 Å². The first-order valence-electron chi connectivity index (χ1n) is 7.22. The van der Waals surface area contributed by atoms with Crippen molar-refractivity contribution in [2.75, 3.05) is 6.61 Å². The molecular formula is C17H20N2O4. The van der Waals surface area contributed by atoms with E-state index in [1.165, 1.54) is 0 Å². The van der Waals surface area contributed by atoms with E-state index in [1.807, 2.05) is 32.0 Å². The summed E-state index contributed by atoms with van der Waals surface area (Å²) < 4.78 is 10.7. The van der Waals surface area contributed by atoms with Gasteiger partial charge >= 0.3 is 0 Å². The maximum atomic E-state index is 11.9. The van der Waals surface area contributed by atoms with Crippen molar-refractivity contribution in [2.24, 2.45) is 0 Å². The third kappa shape index (κ3) is 4.60. The van der Waals surface area contributed by atoms with Gasteiger partial charge in [0.2, 0.25) is 0 Å². The Balaban J connectivity index is 1.83. The fraction of sp³-hybridized carbons (Fsp3) is 0.294. The SMILES string of the molecule is Cc1cc(C)cc(OCC(=O)NNC(=O)c2cc(C)oc2C)c1. The molecule has 0 aliphatic carbocycles. The highest BCUT2D eigenvalue weighted by Gasteiger charge is 2.14. The quantitative estimate of drug-likeness (QED) is 0.849. The monoisotopic (exact) mass is 316 g/mol. The number of amides is 2. The summed E-state index contributed by atoms with van der Waals surface area (Å²) in [7, 11) is 0. The van der Waals surface area contributed by atoms with Gasteiger partial charge in [0.15, 0.2) is 6.61 Å². The molecule has 2 N–H and O–H groups in total. The zero-order valence-corrected chi connectivity index (χ0v) is 13.6. The molecule has 6 heteroatoms. The van der Waals surface area contributed by atoms with Crippen molar-refractivity contribution in [1.82, 2.24) is 10.9 Å². The number of carbonyl (C=O) groups excluding carboxylic acids is 2. The second-order valence-electron chi connectivity index (χ2n) is 5.44. The van der Waals surface area contributed by atoms with Gasteiger partial charge in [0.1, 0.15) is 17.3 Å². The number of carbonyl (C=O) groups is 2. The number of rotatable bonds is 4. The summed E-state index contributed by atoms with van der Waals surface area (Å²) in [5.41, 5.74) is 7.14. The van der Waals surface area contributed by atoms with Gasteiger partial charge in [-0.15, -0.1) is 0 Å². The summed E-state index contributed by atoms with van der Waals surface area (Å²) in [6.45, 7) is 7.16. The molecule has 2 rings (SSSR count). The van der Waals surface area contributed by atoms with Crippen molar-refractivity contribution < 1.29 is 18.7 Å². The minimum atomic E-state index is -0.449. The number of hydrogen-bond acceptors (Lipinski definition) is 4. The van der Waals surface area contributed by atoms with Crippen LogP contribution in [-0.4, -0.2) is 18.4 Å². The first kappa shape index (κ1) is 16.6. The second-order valence-corrected chi connectivity index (χ2v) is 5.44. The Labute approximate surface area is 134 Å². The van der Waals surface area contributed by atoms with Crippen molar-refractivity contribution in [2.45, 2.75) is 27.7 Å². The van der Waals surface area contributed by atoms with Crippen molar-refractivity contribution >= 4 is 11.8 Å². The number of ether oxygens (including phenoxy) is 1. The topological polar surface area (TPSA) is 80.6 Å². The molecule has 0 atom stereocenters. The summed E-state index contributed by atoms with van der Waals surface area (Å²) in [6, 6.07) is 7.32. The number of hydrazine groups is 1. The minimum absolute atomic E-state index is 0.188. The molecule has 2 aromatic rings. The molecule has 0 aliphatic heterocycles. The van der Waals surface area contributed by atoms with Crippen LogP contribution >= 0.6 is 0 Å². The Bertz CT molecular complexity index is 714. The molecule has 6 nitrogen and oxygen atoms in total. The zero-order chi connectivity index (χ0) is 17.0. The zero-order valence-electron chi connectivity index (χ0n) is 13.6. The fourth-order valence-corrected chi connectivity index (χ4v) is 2.25. The standard InChI is InChI=1S/C17H20N2O4/c1-10-5-11(2)7-14(6-10)22-9-16(20)18-19-17(21)15-8-12(3)23-13(15)4/h5-8H,9H2,1-4H3,(H,18,20)(H,19,21). The van der Waals surface area contributed by atoms with E-state index >= 15 is 0 Å². The Hall–Kier alpha value is -2.76. The highest BCUT2D eigenvalue weighted by Crippen LogP contribution is 2.16. The average Bonchev–Trinajstić information content (AvgIpc) is 2.80. The number of benzene rings is 1. The molecule has 1 aromatic heterocycles. The Morgan fingerprint density at radius 1 is 1.00 bits per heavy atom. The van der Waals surface area contributed by atoms with Gasteiger partial charge < -0.3 is 9.15 Å². The Kier molecular flexibility index (Phi) is 5.05. The lowest BCUT2D eigenvalue weighted by molar-refractivity contribution is -0.123. The van der Waals surface area contributed by atoms with E-state index in [-0.39, 0.29) is 6.61 Å². The van der Waals surface area contributed by atoms with E-state index in [0.29, 0.717) is 22.8 Å². The average molecular weight is 316 g/mol. The largest absolute Gasteiger partial charge is 0.484 e. The third-order valence-electron chi connectivity index (χ3n) is 3.17. The molecule has 0 saturated heterocycles. The molecule has 0 spiro atoms. The lowest BCUT2D eigenvalue weighted by Gasteiger charge is -2.09. The van der Waals surface area contributed by atoms with Crippen molar-refractivity contribution in [3.63, 3.8) is 0 Å². The Morgan fingerprint density at radius 2 is 1.65 bits per heavy atom. The summed E-state index contributed by atoms with van der Waals surface area (Å²) in [4.78, 5) is 23.7. The first-order chi connectivity index (χ1) is 10.8. The van der Waals surface area contributed by atoms with Crippen LogP contribution < -0.4 is 15.6 Å². The molecule has 1 heterocycles. The van der Waals surface area contributed by atoms with Crippen molar-refractivity contribution in [3.8, 4) is 5.75 Å². The Morgan fingerprint density at radius 3 is 2.22 bits per heavy atom. The van der Waals surface area contributed by atoms with Crippen LogP contribution in [0.2, 0.25) is 0 Å². The predicted molar refractivity (Wildman–Crippen MR) is 85.2 cm³/mol. The highest BCUT2D eigenvalue weighted by atomic mass is 16.5. The normalized spacial score (nSPS) is 10.3. The number of nitrogens with one attached hydrogen (secondary N) is 2. The summed E-state index contributed by atoms with van der Waals surface area (Å²) in [6.07, 6.45) is 0. The highest BCUT2D eigenvalue weighted by molar-refractivity contribution is 5.96. The minimum Gasteiger partial charge on any atom is -0.484 e. The van der Waals surface area contributed by atoms with Gasteiger partial charge in [-0.3, -0.25) is 20.4 Å². The lowest BCUT2D eigenvalue weighted by Crippen LogP contribution is -2.43. The maximum Gasteiger partial charge on any atom is 0.276 e. The smallest absolute Gasteiger partial charge is 0.276 e. The van der Waals surface area contributed by atoms with Gasteiger partial charge in [-0.05, 0) is 57.0 Å². The van der Waals surface area contributed by atoms with E-state index in [2.05, 4.69) is 10.9 Å². The van der Waals surface area contributed by atoms with Crippen LogP contribution in [0, 0.1) is 27.7 Å². The lowest BCUT2D eigenvalue weighted by atomic mass is 10.1. The van der Waals surface area contributed by atoms with Gasteiger partial charge in [0.25, 0.3) is 11.8 Å². The summed E-state index contributed by atoms with van der Waals surface area (Å²) in [5, 5.41) is 0. The van der Waals surface area contributed by atoms with Crippen LogP contribution in [0.1, 0.15) is 33.0 Å². The molecule has 0 saturated carbocycles. The van der Waals surface area contributed by atoms with E-state index in [1.54, 1.807) is 19.9 Å². The van der Waals surface area contributed by atoms with E-state index in [0.717, 1.165) is 11.1 Å². The predicted octanol–water partition coefficient (Wildman–Crippen LogP) is 2.35. The molecule has 0 bridgehead atoms. The van der Waals surface area contributed by atoms with E-state index in [9.17, 15) is 9.59 Å². The number of hydrogen-bond donors (Lipinski definition) is 2. The van der Waals surface area contributed by atoms with Gasteiger partial charge in [0.05, 0.1) is 5.56 Å². The van der Waals surface area contributed by atoms with Gasteiger partial charge in [0, 0.05) is 0 Å². The summed E-state index contributed by atoms with van der Waals surface area (Å²) >= 11 is 0. The van der Waals surface area contributed by atoms with Gasteiger partial charge in [-0.25, -0.2) is 0 Å². The van der Waals surface area contributed by atoms with Crippen LogP contribution in [0.3, 0.4) is 0 Å². The second kappa shape index (κ2) is 7.00. The molecule has 2 amide bonds. The van der Waals surface area contributed by atoms with Crippen molar-refractivity contribution in [1.29, 1.82) is 0 Å². The van der Waals surface area contributed by atoms with Crippen LogP contribution in [0.5, 0.6) is 5.75 Å². The maximum absolute atomic E-state index is 11.9.